The van der Waals surface area contributed by atoms with E-state index >= 15 is 0 Å². The summed E-state index contributed by atoms with van der Waals surface area (Å²) in [5, 5.41) is 0. The van der Waals surface area contributed by atoms with E-state index in [9.17, 15) is 4.79 Å². The lowest BCUT2D eigenvalue weighted by atomic mass is 10.0. The fraction of sp³-hybridized carbons (Fsp3) is 0.320. The molecule has 1 unspecified atom stereocenters. The van der Waals surface area contributed by atoms with E-state index in [-0.39, 0.29) is 11.5 Å². The molecule has 1 aliphatic rings. The molecule has 1 aromatic heterocycles. The monoisotopic (exact) mass is 515 g/mol. The number of rotatable bonds is 8. The molecule has 0 radical (unpaired) electrons. The third-order valence-corrected chi connectivity index (χ3v) is 6.41. The first-order valence-electron chi connectivity index (χ1n) is 10.6. The van der Waals surface area contributed by atoms with Crippen molar-refractivity contribution >= 4 is 27.4 Å². The van der Waals surface area contributed by atoms with Crippen molar-refractivity contribution in [2.75, 3.05) is 52.5 Å². The minimum absolute atomic E-state index is 0.218. The maximum atomic E-state index is 13.2. The zero-order valence-corrected chi connectivity index (χ0v) is 20.4. The molecule has 0 bridgehead atoms. The molecular weight excluding hydrogens is 490 g/mol. The van der Waals surface area contributed by atoms with Crippen LogP contribution in [0.1, 0.15) is 22.2 Å². The van der Waals surface area contributed by atoms with Crippen LogP contribution in [0.2, 0.25) is 0 Å². The summed E-state index contributed by atoms with van der Waals surface area (Å²) in [5.41, 5.74) is 2.60. The second-order valence-corrected chi connectivity index (χ2v) is 8.32. The molecule has 2 aromatic carbocycles. The lowest BCUT2D eigenvalue weighted by molar-refractivity contribution is 0.0577. The van der Waals surface area contributed by atoms with E-state index in [0.717, 1.165) is 43.1 Å². The van der Waals surface area contributed by atoms with Gasteiger partial charge in [-0.2, -0.15) is 0 Å². The van der Waals surface area contributed by atoms with Crippen LogP contribution in [0.5, 0.6) is 11.5 Å². The van der Waals surface area contributed by atoms with E-state index < -0.39 is 6.10 Å². The number of Topliss-reactive ketones (excluding diaryl/α,β-unsaturated/α-hetero) is 1. The number of halogens is 1. The van der Waals surface area contributed by atoms with Crippen LogP contribution < -0.4 is 14.4 Å². The van der Waals surface area contributed by atoms with Gasteiger partial charge in [-0.3, -0.25) is 4.79 Å². The molecule has 8 heteroatoms. The molecule has 1 fully saturated rings. The molecule has 1 atom stereocenters. The number of ketones is 1. The number of hydrogen-bond acceptors (Lipinski definition) is 7. The molecule has 3 aromatic rings. The number of ether oxygens (including phenoxy) is 4. The first-order chi connectivity index (χ1) is 16.0. The second-order valence-electron chi connectivity index (χ2n) is 7.53. The predicted octanol–water partition coefficient (Wildman–Crippen LogP) is 5.13. The van der Waals surface area contributed by atoms with E-state index in [1.165, 1.54) is 7.11 Å². The Morgan fingerprint density at radius 2 is 1.61 bits per heavy atom. The number of hydrogen-bond donors (Lipinski definition) is 0. The van der Waals surface area contributed by atoms with Gasteiger partial charge in [0.15, 0.2) is 5.76 Å². The fourth-order valence-corrected chi connectivity index (χ4v) is 4.39. The molecular formula is C25H26BrNO6. The summed E-state index contributed by atoms with van der Waals surface area (Å²) in [6.07, 6.45) is -0.767. The molecule has 0 N–H and O–H groups in total. The zero-order chi connectivity index (χ0) is 23.4. The molecule has 4 rings (SSSR count). The van der Waals surface area contributed by atoms with Gasteiger partial charge in [0.05, 0.1) is 27.4 Å². The van der Waals surface area contributed by atoms with Crippen molar-refractivity contribution in [1.29, 1.82) is 0 Å². The number of carbonyl (C=O) groups excluding carboxylic acids is 1. The molecule has 0 saturated carbocycles. The first-order valence-corrected chi connectivity index (χ1v) is 11.4. The van der Waals surface area contributed by atoms with Crippen LogP contribution in [-0.2, 0) is 9.47 Å². The highest BCUT2D eigenvalue weighted by molar-refractivity contribution is 9.10. The Morgan fingerprint density at radius 3 is 2.18 bits per heavy atom. The topological polar surface area (TPSA) is 70.4 Å². The van der Waals surface area contributed by atoms with Gasteiger partial charge in [0.1, 0.15) is 27.8 Å². The lowest BCUT2D eigenvalue weighted by Gasteiger charge is -2.29. The lowest BCUT2D eigenvalue weighted by Crippen LogP contribution is -2.36. The van der Waals surface area contributed by atoms with E-state index in [4.69, 9.17) is 23.4 Å². The van der Waals surface area contributed by atoms with Crippen molar-refractivity contribution in [1.82, 2.24) is 0 Å². The van der Waals surface area contributed by atoms with Gasteiger partial charge in [0.2, 0.25) is 5.78 Å². The van der Waals surface area contributed by atoms with E-state index in [1.54, 1.807) is 26.4 Å². The summed E-state index contributed by atoms with van der Waals surface area (Å²) in [5.74, 6) is 1.70. The van der Waals surface area contributed by atoms with E-state index in [0.29, 0.717) is 21.7 Å². The van der Waals surface area contributed by atoms with Crippen molar-refractivity contribution in [3.05, 3.63) is 64.3 Å². The van der Waals surface area contributed by atoms with E-state index in [2.05, 4.69) is 20.8 Å². The van der Waals surface area contributed by atoms with Gasteiger partial charge < -0.3 is 28.3 Å². The largest absolute Gasteiger partial charge is 0.495 e. The molecule has 1 aliphatic heterocycles. The maximum Gasteiger partial charge on any atom is 0.231 e. The molecule has 0 spiro atoms. The Bertz CT molecular complexity index is 1080. The van der Waals surface area contributed by atoms with Crippen molar-refractivity contribution in [3.63, 3.8) is 0 Å². The highest BCUT2D eigenvalue weighted by atomic mass is 79.9. The summed E-state index contributed by atoms with van der Waals surface area (Å²) in [7, 11) is 4.68. The molecule has 0 aliphatic carbocycles. The molecule has 2 heterocycles. The summed E-state index contributed by atoms with van der Waals surface area (Å²) >= 11 is 3.46. The smallest absolute Gasteiger partial charge is 0.231 e. The minimum atomic E-state index is -0.767. The van der Waals surface area contributed by atoms with Gasteiger partial charge in [-0.15, -0.1) is 0 Å². The number of carbonyl (C=O) groups is 1. The number of morpholine rings is 1. The maximum absolute atomic E-state index is 13.2. The highest BCUT2D eigenvalue weighted by Gasteiger charge is 2.25. The summed E-state index contributed by atoms with van der Waals surface area (Å²) in [6, 6.07) is 14.9. The third kappa shape index (κ3) is 4.93. The zero-order valence-electron chi connectivity index (χ0n) is 18.8. The van der Waals surface area contributed by atoms with Gasteiger partial charge in [-0.1, -0.05) is 12.1 Å². The van der Waals surface area contributed by atoms with Crippen LogP contribution in [-0.4, -0.2) is 53.4 Å². The summed E-state index contributed by atoms with van der Waals surface area (Å²) in [4.78, 5) is 15.5. The van der Waals surface area contributed by atoms with Gasteiger partial charge in [0.25, 0.3) is 0 Å². The van der Waals surface area contributed by atoms with Gasteiger partial charge in [0, 0.05) is 31.5 Å². The number of furan rings is 1. The summed E-state index contributed by atoms with van der Waals surface area (Å²) < 4.78 is 28.4. The first kappa shape index (κ1) is 23.4. The van der Waals surface area contributed by atoms with Crippen molar-refractivity contribution in [2.24, 2.45) is 0 Å². The van der Waals surface area contributed by atoms with Crippen molar-refractivity contribution < 1.29 is 28.2 Å². The van der Waals surface area contributed by atoms with Crippen LogP contribution in [0.25, 0.3) is 11.3 Å². The Hall–Kier alpha value is -2.81. The molecule has 174 valence electrons. The van der Waals surface area contributed by atoms with Gasteiger partial charge in [-0.25, -0.2) is 0 Å². The average Bonchev–Trinajstić information content (AvgIpc) is 3.36. The summed E-state index contributed by atoms with van der Waals surface area (Å²) in [6.45, 7) is 3.15. The highest BCUT2D eigenvalue weighted by Crippen LogP contribution is 2.39. The number of benzene rings is 2. The van der Waals surface area contributed by atoms with Crippen LogP contribution in [0.4, 0.5) is 5.69 Å². The third-order valence-electron chi connectivity index (χ3n) is 5.62. The van der Waals surface area contributed by atoms with Crippen LogP contribution in [0, 0.1) is 0 Å². The quantitative estimate of drug-likeness (QED) is 0.385. The average molecular weight is 516 g/mol. The Labute approximate surface area is 201 Å². The Morgan fingerprint density at radius 1 is 0.970 bits per heavy atom. The molecule has 0 amide bonds. The Kier molecular flexibility index (Phi) is 7.37. The molecule has 7 nitrogen and oxygen atoms in total. The normalized spacial score (nSPS) is 14.7. The SMILES string of the molecule is COc1cc(-c2ccc(C(=O)C(OC)c3ccc(N4CCOCC4)cc3)o2)cc(OC)c1Br. The van der Waals surface area contributed by atoms with Gasteiger partial charge >= 0.3 is 0 Å². The van der Waals surface area contributed by atoms with Crippen LogP contribution >= 0.6 is 15.9 Å². The fourth-order valence-electron chi connectivity index (χ4n) is 3.84. The molecule has 1 saturated heterocycles. The second kappa shape index (κ2) is 10.4. The van der Waals surface area contributed by atoms with Crippen LogP contribution in [0.3, 0.4) is 0 Å². The number of nitrogens with zero attached hydrogens (tertiary/aromatic N) is 1. The minimum Gasteiger partial charge on any atom is -0.495 e. The molecule has 33 heavy (non-hydrogen) atoms. The standard InChI is InChI=1S/C25H26BrNO6/c1-29-21-14-17(15-22(30-2)23(21)26)19-8-9-20(33-19)24(28)25(31-3)16-4-6-18(7-5-16)27-10-12-32-13-11-27/h4-9,14-15,25H,10-13H2,1-3H3. The van der Waals surface area contributed by atoms with E-state index in [1.807, 2.05) is 36.4 Å². The number of anilines is 1. The number of methoxy groups -OCH3 is 3. The Balaban J connectivity index is 1.55. The van der Waals surface area contributed by atoms with Crippen molar-refractivity contribution in [2.45, 2.75) is 6.10 Å². The van der Waals surface area contributed by atoms with Crippen LogP contribution in [0.15, 0.2) is 57.4 Å². The van der Waals surface area contributed by atoms with Crippen molar-refractivity contribution in [3.8, 4) is 22.8 Å². The predicted molar refractivity (Wildman–Crippen MR) is 129 cm³/mol. The van der Waals surface area contributed by atoms with Gasteiger partial charge in [-0.05, 0) is 57.9 Å².